The maximum absolute atomic E-state index is 8.87. The molecule has 1 aliphatic heterocycles. The molecule has 0 bridgehead atoms. The number of hydrogen-bond donors (Lipinski definition) is 2. The van der Waals surface area contributed by atoms with Crippen LogP contribution in [0.25, 0.3) is 0 Å². The van der Waals surface area contributed by atoms with E-state index in [1.807, 2.05) is 6.07 Å². The Morgan fingerprint density at radius 1 is 1.43 bits per heavy atom. The van der Waals surface area contributed by atoms with Gasteiger partial charge >= 0.3 is 0 Å². The van der Waals surface area contributed by atoms with Crippen molar-refractivity contribution in [3.8, 4) is 12.1 Å². The molecule has 0 saturated carbocycles. The summed E-state index contributed by atoms with van der Waals surface area (Å²) < 4.78 is 0. The van der Waals surface area contributed by atoms with Gasteiger partial charge in [-0.3, -0.25) is 10.0 Å². The molecule has 0 aliphatic carbocycles. The summed E-state index contributed by atoms with van der Waals surface area (Å²) in [5, 5.41) is 21.0. The Bertz CT molecular complexity index is 309. The number of nitriles is 2. The Morgan fingerprint density at radius 3 is 2.57 bits per heavy atom. The zero-order valence-electron chi connectivity index (χ0n) is 8.15. The van der Waals surface area contributed by atoms with Crippen LogP contribution in [0.1, 0.15) is 0 Å². The standard InChI is InChI=1S/C8H12N6/c1-11-13-5-8(4-10)14(12-2)6-7(13)3-9/h5,7,11-12H,6H2,1-2H3. The molecule has 0 aromatic carbocycles. The number of rotatable bonds is 2. The lowest BCUT2D eigenvalue weighted by Gasteiger charge is -2.35. The number of nitrogens with zero attached hydrogens (tertiary/aromatic N) is 4. The van der Waals surface area contributed by atoms with Gasteiger partial charge in [-0.2, -0.15) is 10.5 Å². The van der Waals surface area contributed by atoms with Crippen molar-refractivity contribution in [1.82, 2.24) is 20.9 Å². The highest BCUT2D eigenvalue weighted by molar-refractivity contribution is 5.22. The average molecular weight is 192 g/mol. The van der Waals surface area contributed by atoms with Gasteiger partial charge in [-0.1, -0.05) is 0 Å². The maximum atomic E-state index is 8.87. The minimum absolute atomic E-state index is 0.301. The molecule has 2 N–H and O–H groups in total. The third kappa shape index (κ3) is 1.77. The molecule has 1 unspecified atom stereocenters. The second-order valence-corrected chi connectivity index (χ2v) is 2.74. The first-order valence-corrected chi connectivity index (χ1v) is 4.19. The van der Waals surface area contributed by atoms with Gasteiger partial charge in [0.25, 0.3) is 0 Å². The van der Waals surface area contributed by atoms with Crippen LogP contribution in [-0.2, 0) is 0 Å². The van der Waals surface area contributed by atoms with Crippen molar-refractivity contribution in [3.05, 3.63) is 11.9 Å². The van der Waals surface area contributed by atoms with E-state index in [0.29, 0.717) is 12.2 Å². The predicted octanol–water partition coefficient (Wildman–Crippen LogP) is -0.870. The molecule has 0 amide bonds. The lowest BCUT2D eigenvalue weighted by molar-refractivity contribution is 0.145. The summed E-state index contributed by atoms with van der Waals surface area (Å²) in [7, 11) is 3.43. The zero-order chi connectivity index (χ0) is 10.6. The van der Waals surface area contributed by atoms with Crippen LogP contribution in [-0.4, -0.2) is 36.7 Å². The van der Waals surface area contributed by atoms with Crippen molar-refractivity contribution in [2.75, 3.05) is 20.6 Å². The van der Waals surface area contributed by atoms with E-state index >= 15 is 0 Å². The molecule has 0 saturated heterocycles. The van der Waals surface area contributed by atoms with Gasteiger partial charge < -0.3 is 0 Å². The minimum atomic E-state index is -0.301. The summed E-state index contributed by atoms with van der Waals surface area (Å²) in [6.45, 7) is 0.452. The summed E-state index contributed by atoms with van der Waals surface area (Å²) in [4.78, 5) is 0. The van der Waals surface area contributed by atoms with Gasteiger partial charge in [0.15, 0.2) is 6.04 Å². The SMILES string of the molecule is CNN1CC(C#N)N(NC)C=C1C#N. The molecule has 1 heterocycles. The molecule has 0 spiro atoms. The summed E-state index contributed by atoms with van der Waals surface area (Å²) in [6.07, 6.45) is 1.61. The fourth-order valence-corrected chi connectivity index (χ4v) is 1.28. The molecular formula is C8H12N6. The van der Waals surface area contributed by atoms with Crippen LogP contribution in [0.3, 0.4) is 0 Å². The summed E-state index contributed by atoms with van der Waals surface area (Å²) >= 11 is 0. The average Bonchev–Trinajstić information content (AvgIpc) is 2.26. The Hall–Kier alpha value is -1.76. The van der Waals surface area contributed by atoms with Crippen LogP contribution in [0, 0.1) is 22.7 Å². The van der Waals surface area contributed by atoms with Gasteiger partial charge in [0, 0.05) is 14.1 Å². The number of nitrogens with one attached hydrogen (secondary N) is 2. The van der Waals surface area contributed by atoms with Crippen LogP contribution in [0.15, 0.2) is 11.9 Å². The van der Waals surface area contributed by atoms with Gasteiger partial charge in [-0.25, -0.2) is 10.9 Å². The van der Waals surface area contributed by atoms with E-state index in [-0.39, 0.29) is 6.04 Å². The molecule has 0 aromatic heterocycles. The largest absolute Gasteiger partial charge is 0.295 e. The van der Waals surface area contributed by atoms with Crippen LogP contribution < -0.4 is 10.9 Å². The Labute approximate surface area is 82.9 Å². The van der Waals surface area contributed by atoms with Gasteiger partial charge in [-0.15, -0.1) is 0 Å². The first kappa shape index (κ1) is 10.3. The first-order valence-electron chi connectivity index (χ1n) is 4.19. The van der Waals surface area contributed by atoms with Crippen LogP contribution in [0.4, 0.5) is 0 Å². The molecule has 0 radical (unpaired) electrons. The van der Waals surface area contributed by atoms with E-state index in [1.165, 1.54) is 0 Å². The molecular weight excluding hydrogens is 180 g/mol. The van der Waals surface area contributed by atoms with Gasteiger partial charge in [0.1, 0.15) is 11.8 Å². The van der Waals surface area contributed by atoms with Gasteiger partial charge in [0.2, 0.25) is 0 Å². The second kappa shape index (κ2) is 4.47. The Morgan fingerprint density at radius 2 is 2.14 bits per heavy atom. The smallest absolute Gasteiger partial charge is 0.150 e. The molecule has 0 fully saturated rings. The molecule has 1 atom stereocenters. The highest BCUT2D eigenvalue weighted by atomic mass is 15.6. The van der Waals surface area contributed by atoms with E-state index < -0.39 is 0 Å². The number of allylic oxidation sites excluding steroid dienone is 1. The van der Waals surface area contributed by atoms with E-state index in [0.717, 1.165) is 0 Å². The first-order chi connectivity index (χ1) is 6.76. The topological polar surface area (TPSA) is 78.1 Å². The third-order valence-corrected chi connectivity index (χ3v) is 2.04. The molecule has 0 aromatic rings. The quantitative estimate of drug-likeness (QED) is 0.592. The summed E-state index contributed by atoms with van der Waals surface area (Å²) in [5.74, 6) is 0. The highest BCUT2D eigenvalue weighted by Crippen LogP contribution is 2.12. The normalized spacial score (nSPS) is 21.1. The van der Waals surface area contributed by atoms with Crippen molar-refractivity contribution in [3.63, 3.8) is 0 Å². The highest BCUT2D eigenvalue weighted by Gasteiger charge is 2.25. The minimum Gasteiger partial charge on any atom is -0.295 e. The van der Waals surface area contributed by atoms with Crippen LogP contribution >= 0.6 is 0 Å². The Kier molecular flexibility index (Phi) is 3.29. The number of hydrogen-bond acceptors (Lipinski definition) is 6. The van der Waals surface area contributed by atoms with Gasteiger partial charge in [-0.05, 0) is 0 Å². The lowest BCUT2D eigenvalue weighted by atomic mass is 10.2. The lowest BCUT2D eigenvalue weighted by Crippen LogP contribution is -2.52. The van der Waals surface area contributed by atoms with E-state index in [1.54, 1.807) is 30.3 Å². The second-order valence-electron chi connectivity index (χ2n) is 2.74. The van der Waals surface area contributed by atoms with E-state index in [9.17, 15) is 0 Å². The fraction of sp³-hybridized carbons (Fsp3) is 0.500. The zero-order valence-corrected chi connectivity index (χ0v) is 8.15. The van der Waals surface area contributed by atoms with Crippen molar-refractivity contribution in [2.45, 2.75) is 6.04 Å². The Balaban J connectivity index is 2.92. The molecule has 6 nitrogen and oxygen atoms in total. The van der Waals surface area contributed by atoms with Gasteiger partial charge in [0.05, 0.1) is 18.8 Å². The predicted molar refractivity (Wildman–Crippen MR) is 49.8 cm³/mol. The molecule has 14 heavy (non-hydrogen) atoms. The maximum Gasteiger partial charge on any atom is 0.150 e. The van der Waals surface area contributed by atoms with Crippen molar-refractivity contribution >= 4 is 0 Å². The van der Waals surface area contributed by atoms with Crippen molar-refractivity contribution in [1.29, 1.82) is 10.5 Å². The number of hydrazine groups is 2. The third-order valence-electron chi connectivity index (χ3n) is 2.04. The van der Waals surface area contributed by atoms with Crippen molar-refractivity contribution in [2.24, 2.45) is 0 Å². The van der Waals surface area contributed by atoms with E-state index in [4.69, 9.17) is 10.5 Å². The van der Waals surface area contributed by atoms with Crippen LogP contribution in [0.2, 0.25) is 0 Å². The summed E-state index contributed by atoms with van der Waals surface area (Å²) in [5.41, 5.74) is 6.17. The van der Waals surface area contributed by atoms with Crippen LogP contribution in [0.5, 0.6) is 0 Å². The monoisotopic (exact) mass is 192 g/mol. The fourth-order valence-electron chi connectivity index (χ4n) is 1.28. The molecule has 6 heteroatoms. The van der Waals surface area contributed by atoms with Crippen molar-refractivity contribution < 1.29 is 0 Å². The molecule has 1 rings (SSSR count). The molecule has 1 aliphatic rings. The summed E-state index contributed by atoms with van der Waals surface area (Å²) in [6, 6.07) is 3.89. The molecule has 74 valence electrons. The van der Waals surface area contributed by atoms with E-state index in [2.05, 4.69) is 16.9 Å².